The molecule has 6 heteroatoms. The summed E-state index contributed by atoms with van der Waals surface area (Å²) in [6.45, 7) is 15.3. The first kappa shape index (κ1) is 26.3. The lowest BCUT2D eigenvalue weighted by Gasteiger charge is -2.57. The molecule has 0 aromatic carbocycles. The smallest absolute Gasteiger partial charge is 0.333 e. The second-order valence-electron chi connectivity index (χ2n) is 9.92. The fourth-order valence-electron chi connectivity index (χ4n) is 5.27. The highest BCUT2D eigenvalue weighted by molar-refractivity contribution is 5.87. The first-order chi connectivity index (χ1) is 14.9. The van der Waals surface area contributed by atoms with Gasteiger partial charge >= 0.3 is 11.9 Å². The van der Waals surface area contributed by atoms with E-state index in [4.69, 9.17) is 9.47 Å². The molecule has 0 heterocycles. The molecule has 8 atom stereocenters. The average Bonchev–Trinajstić information content (AvgIpc) is 2.73. The third-order valence-corrected chi connectivity index (χ3v) is 7.73. The molecule has 0 saturated heterocycles. The first-order valence-electron chi connectivity index (χ1n) is 11.6. The molecule has 0 aromatic rings. The van der Waals surface area contributed by atoms with Gasteiger partial charge in [0, 0.05) is 24.0 Å². The maximum atomic E-state index is 12.4. The minimum Gasteiger partial charge on any atom is -0.459 e. The van der Waals surface area contributed by atoms with Gasteiger partial charge in [0.05, 0.1) is 12.2 Å². The van der Waals surface area contributed by atoms with Crippen molar-refractivity contribution in [2.24, 2.45) is 23.2 Å². The summed E-state index contributed by atoms with van der Waals surface area (Å²) in [6.07, 6.45) is 5.04. The van der Waals surface area contributed by atoms with Gasteiger partial charge in [-0.05, 0) is 64.2 Å². The largest absolute Gasteiger partial charge is 0.459 e. The summed E-state index contributed by atoms with van der Waals surface area (Å²) in [6, 6.07) is 0. The van der Waals surface area contributed by atoms with Crippen molar-refractivity contribution >= 4 is 11.9 Å². The molecule has 32 heavy (non-hydrogen) atoms. The zero-order valence-corrected chi connectivity index (χ0v) is 20.3. The van der Waals surface area contributed by atoms with Crippen molar-refractivity contribution in [3.63, 3.8) is 0 Å². The molecule has 0 radical (unpaired) electrons. The Morgan fingerprint density at radius 2 is 1.88 bits per heavy atom. The average molecular weight is 449 g/mol. The fraction of sp³-hybridized carbons (Fsp3) is 0.692. The molecule has 0 aliphatic heterocycles. The Morgan fingerprint density at radius 3 is 2.47 bits per heavy atom. The summed E-state index contributed by atoms with van der Waals surface area (Å²) in [7, 11) is 0. The van der Waals surface area contributed by atoms with Crippen LogP contribution in [0, 0.1) is 23.2 Å². The van der Waals surface area contributed by atoms with E-state index in [1.807, 2.05) is 6.92 Å². The lowest BCUT2D eigenvalue weighted by molar-refractivity contribution is -0.185. The van der Waals surface area contributed by atoms with Crippen molar-refractivity contribution in [3.05, 3.63) is 36.0 Å². The van der Waals surface area contributed by atoms with Gasteiger partial charge in [-0.3, -0.25) is 0 Å². The van der Waals surface area contributed by atoms with Crippen LogP contribution in [-0.4, -0.2) is 46.6 Å². The van der Waals surface area contributed by atoms with Crippen LogP contribution in [0.3, 0.4) is 0 Å². The lowest BCUT2D eigenvalue weighted by Crippen LogP contribution is -2.59. The zero-order valence-electron chi connectivity index (χ0n) is 20.3. The number of rotatable bonds is 7. The Hall–Kier alpha value is -1.92. The minimum absolute atomic E-state index is 0.0336. The van der Waals surface area contributed by atoms with E-state index in [0.29, 0.717) is 31.3 Å². The molecule has 0 unspecified atom stereocenters. The van der Waals surface area contributed by atoms with E-state index in [2.05, 4.69) is 20.4 Å². The normalized spacial score (nSPS) is 36.3. The molecular weight excluding hydrogens is 408 g/mol. The number of aliphatic hydroxyl groups is 2. The van der Waals surface area contributed by atoms with Gasteiger partial charge in [0.1, 0.15) is 12.2 Å². The van der Waals surface area contributed by atoms with Gasteiger partial charge in [0.15, 0.2) is 0 Å². The Labute approximate surface area is 192 Å². The van der Waals surface area contributed by atoms with Crippen LogP contribution < -0.4 is 0 Å². The Kier molecular flexibility index (Phi) is 8.89. The van der Waals surface area contributed by atoms with Gasteiger partial charge in [-0.2, -0.15) is 0 Å². The second kappa shape index (κ2) is 10.8. The quantitative estimate of drug-likeness (QED) is 0.346. The molecule has 0 bridgehead atoms. The van der Waals surface area contributed by atoms with Crippen molar-refractivity contribution in [1.29, 1.82) is 0 Å². The standard InChI is InChI=1S/C26H40O6/c1-8-16(4)25(30)31-17(5)10-9-11-22(27)32-21-13-12-20-24(29)23(28)19(15(2)3)14-26(20,7)18(21)6/h8-9,11,17-21,23-24,28-29H,2,10,12-14H2,1,3-7H3/b11-9-,16-8-/t17-,18+,19-,20-,21-,23+,24-,26-/m1/s1. The van der Waals surface area contributed by atoms with Crippen LogP contribution >= 0.6 is 0 Å². The Balaban J connectivity index is 1.96. The molecule has 180 valence electrons. The number of hydrogen-bond acceptors (Lipinski definition) is 6. The maximum absolute atomic E-state index is 12.4. The predicted octanol–water partition coefficient (Wildman–Crippen LogP) is 4.11. The molecule has 6 nitrogen and oxygen atoms in total. The van der Waals surface area contributed by atoms with Gasteiger partial charge in [-0.1, -0.05) is 38.2 Å². The third kappa shape index (κ3) is 5.70. The van der Waals surface area contributed by atoms with E-state index in [1.54, 1.807) is 32.9 Å². The number of ether oxygens (including phenoxy) is 2. The number of fused-ring (bicyclic) bond motifs is 1. The SMILES string of the molecule is C=C(C)[C@H]1C[C@@]2(C)[C@H](CC[C@@H](OC(=O)/C=C\C[C@@H](C)OC(=O)/C(C)=C\C)[C@@H]2C)[C@@H](O)[C@H]1O. The number of carbonyl (C=O) groups excluding carboxylic acids is 2. The third-order valence-electron chi connectivity index (χ3n) is 7.73. The van der Waals surface area contributed by atoms with E-state index in [0.717, 1.165) is 5.57 Å². The molecular formula is C26H40O6. The van der Waals surface area contributed by atoms with Gasteiger partial charge in [-0.25, -0.2) is 9.59 Å². The number of carbonyl (C=O) groups is 2. The van der Waals surface area contributed by atoms with E-state index in [1.165, 1.54) is 6.08 Å². The molecule has 2 saturated carbocycles. The van der Waals surface area contributed by atoms with Crippen molar-refractivity contribution in [2.75, 3.05) is 0 Å². The van der Waals surface area contributed by atoms with Gasteiger partial charge < -0.3 is 19.7 Å². The molecule has 2 aliphatic carbocycles. The lowest BCUT2D eigenvalue weighted by atomic mass is 9.51. The zero-order chi connectivity index (χ0) is 24.2. The molecule has 0 spiro atoms. The summed E-state index contributed by atoms with van der Waals surface area (Å²) in [5, 5.41) is 21.3. The summed E-state index contributed by atoms with van der Waals surface area (Å²) in [5.41, 5.74) is 1.15. The van der Waals surface area contributed by atoms with Crippen LogP contribution in [0.25, 0.3) is 0 Å². The van der Waals surface area contributed by atoms with Crippen LogP contribution in [-0.2, 0) is 19.1 Å². The van der Waals surface area contributed by atoms with Crippen LogP contribution in [0.4, 0.5) is 0 Å². The van der Waals surface area contributed by atoms with Crippen molar-refractivity contribution in [2.45, 2.75) is 91.6 Å². The van der Waals surface area contributed by atoms with E-state index in [9.17, 15) is 19.8 Å². The highest BCUT2D eigenvalue weighted by Crippen LogP contribution is 2.56. The molecule has 0 amide bonds. The topological polar surface area (TPSA) is 93.1 Å². The van der Waals surface area contributed by atoms with Crippen LogP contribution in [0.5, 0.6) is 0 Å². The first-order valence-corrected chi connectivity index (χ1v) is 11.6. The van der Waals surface area contributed by atoms with Crippen LogP contribution in [0.1, 0.15) is 67.2 Å². The van der Waals surface area contributed by atoms with E-state index >= 15 is 0 Å². The van der Waals surface area contributed by atoms with Gasteiger partial charge in [0.2, 0.25) is 0 Å². The highest BCUT2D eigenvalue weighted by atomic mass is 16.5. The van der Waals surface area contributed by atoms with Crippen molar-refractivity contribution in [1.82, 2.24) is 0 Å². The number of esters is 2. The molecule has 2 aliphatic rings. The maximum Gasteiger partial charge on any atom is 0.333 e. The van der Waals surface area contributed by atoms with Gasteiger partial charge in [-0.15, -0.1) is 0 Å². The minimum atomic E-state index is -0.801. The summed E-state index contributed by atoms with van der Waals surface area (Å²) in [4.78, 5) is 24.2. The van der Waals surface area contributed by atoms with Crippen molar-refractivity contribution < 1.29 is 29.3 Å². The summed E-state index contributed by atoms with van der Waals surface area (Å²) < 4.78 is 11.1. The highest BCUT2D eigenvalue weighted by Gasteiger charge is 2.56. The monoisotopic (exact) mass is 448 g/mol. The number of allylic oxidation sites excluding steroid dienone is 1. The van der Waals surface area contributed by atoms with Gasteiger partial charge in [0.25, 0.3) is 0 Å². The fourth-order valence-corrected chi connectivity index (χ4v) is 5.27. The molecule has 2 N–H and O–H groups in total. The predicted molar refractivity (Wildman–Crippen MR) is 124 cm³/mol. The Morgan fingerprint density at radius 1 is 1.22 bits per heavy atom. The number of aliphatic hydroxyl groups excluding tert-OH is 2. The molecule has 2 fully saturated rings. The van der Waals surface area contributed by atoms with E-state index < -0.39 is 18.2 Å². The van der Waals surface area contributed by atoms with Crippen LogP contribution in [0.15, 0.2) is 36.0 Å². The molecule has 0 aromatic heterocycles. The van der Waals surface area contributed by atoms with Crippen LogP contribution in [0.2, 0.25) is 0 Å². The Bertz CT molecular complexity index is 768. The summed E-state index contributed by atoms with van der Waals surface area (Å²) in [5.74, 6) is -0.947. The summed E-state index contributed by atoms with van der Waals surface area (Å²) >= 11 is 0. The van der Waals surface area contributed by atoms with E-state index in [-0.39, 0.29) is 41.3 Å². The van der Waals surface area contributed by atoms with Crippen molar-refractivity contribution in [3.8, 4) is 0 Å². The molecule has 2 rings (SSSR count). The number of hydrogen-bond donors (Lipinski definition) is 2. The second-order valence-corrected chi connectivity index (χ2v) is 9.92.